The lowest BCUT2D eigenvalue weighted by Crippen LogP contribution is -2.49. The van der Waals surface area contributed by atoms with Crippen molar-refractivity contribution in [1.82, 2.24) is 4.98 Å². The van der Waals surface area contributed by atoms with Gasteiger partial charge in [-0.25, -0.2) is 0 Å². The number of Topliss-reactive ketones (excluding diaryl/α,β-unsaturated/α-hetero) is 1. The molecule has 0 aliphatic heterocycles. The minimum atomic E-state index is 0.0666. The lowest BCUT2D eigenvalue weighted by Gasteiger charge is -2.56. The first kappa shape index (κ1) is 14.2. The smallest absolute Gasteiger partial charge is 0.165 e. The molecule has 0 aromatic carbocycles. The Labute approximate surface area is 139 Å². The van der Waals surface area contributed by atoms with Crippen molar-refractivity contribution >= 4 is 5.78 Å². The van der Waals surface area contributed by atoms with Crippen LogP contribution in [0.5, 0.6) is 0 Å². The molecule has 23 heavy (non-hydrogen) atoms. The highest BCUT2D eigenvalue weighted by atomic mass is 16.1. The van der Waals surface area contributed by atoms with Crippen LogP contribution >= 0.6 is 0 Å². The highest BCUT2D eigenvalue weighted by Crippen LogP contribution is 2.60. The van der Waals surface area contributed by atoms with Crippen LogP contribution in [0.1, 0.15) is 80.5 Å². The number of rotatable bonds is 1. The van der Waals surface area contributed by atoms with E-state index in [0.29, 0.717) is 17.6 Å². The Balaban J connectivity index is 1.56. The lowest BCUT2D eigenvalue weighted by molar-refractivity contribution is -0.00736. The summed E-state index contributed by atoms with van der Waals surface area (Å²) in [6, 6.07) is 4.32. The number of carbonyl (C=O) groups is 1. The molecular formula is C21H27NO. The minimum Gasteiger partial charge on any atom is -0.294 e. The molecule has 0 unspecified atom stereocenters. The van der Waals surface area contributed by atoms with Crippen LogP contribution in [-0.4, -0.2) is 10.8 Å². The van der Waals surface area contributed by atoms with Gasteiger partial charge in [0, 0.05) is 23.1 Å². The van der Waals surface area contributed by atoms with E-state index < -0.39 is 0 Å². The summed E-state index contributed by atoms with van der Waals surface area (Å²) in [6.07, 6.45) is 10.1. The van der Waals surface area contributed by atoms with Crippen molar-refractivity contribution in [3.8, 4) is 0 Å². The Morgan fingerprint density at radius 2 is 1.57 bits per heavy atom. The summed E-state index contributed by atoms with van der Waals surface area (Å²) in [5.74, 6) is 3.12. The molecular weight excluding hydrogens is 282 g/mol. The number of nitrogens with zero attached hydrogens (tertiary/aromatic N) is 1. The lowest BCUT2D eigenvalue weighted by atomic mass is 9.48. The Kier molecular flexibility index (Phi) is 2.75. The normalized spacial score (nSPS) is 40.3. The minimum absolute atomic E-state index is 0.0666. The monoisotopic (exact) mass is 309 g/mol. The Bertz CT molecular complexity index is 652. The zero-order valence-electron chi connectivity index (χ0n) is 14.4. The van der Waals surface area contributed by atoms with Crippen molar-refractivity contribution in [2.24, 2.45) is 23.2 Å². The number of aromatic nitrogens is 1. The molecule has 0 saturated heterocycles. The fraction of sp³-hybridized carbons (Fsp3) is 0.714. The van der Waals surface area contributed by atoms with Gasteiger partial charge in [0.25, 0.3) is 0 Å². The Morgan fingerprint density at radius 3 is 2.17 bits per heavy atom. The van der Waals surface area contributed by atoms with Gasteiger partial charge in [0.05, 0.1) is 5.69 Å². The summed E-state index contributed by atoms with van der Waals surface area (Å²) in [5, 5.41) is 0. The molecule has 1 aromatic heterocycles. The van der Waals surface area contributed by atoms with Gasteiger partial charge >= 0.3 is 0 Å². The molecule has 4 saturated carbocycles. The standard InChI is InChI=1S/C21H27NO/c1-20(2)11-17-16(18(23)12-20)3-4-19(22-17)21-8-13-5-14(9-21)7-15(6-13)10-21/h3-4,13-15H,5-12H2,1-2H3. The number of pyridine rings is 1. The summed E-state index contributed by atoms with van der Waals surface area (Å²) < 4.78 is 0. The third-order valence-corrected chi connectivity index (χ3v) is 7.14. The SMILES string of the molecule is CC1(C)CC(=O)c2ccc(C34CC5CC(CC(C5)C3)C4)nc2C1. The molecule has 4 bridgehead atoms. The average Bonchev–Trinajstić information content (AvgIpc) is 2.43. The van der Waals surface area contributed by atoms with Crippen LogP contribution < -0.4 is 0 Å². The van der Waals surface area contributed by atoms with Crippen molar-refractivity contribution in [3.63, 3.8) is 0 Å². The summed E-state index contributed by atoms with van der Waals surface area (Å²) in [6.45, 7) is 4.40. The molecule has 1 aromatic rings. The summed E-state index contributed by atoms with van der Waals surface area (Å²) in [5.41, 5.74) is 3.71. The molecule has 6 rings (SSSR count). The maximum Gasteiger partial charge on any atom is 0.165 e. The fourth-order valence-electron chi connectivity index (χ4n) is 6.66. The topological polar surface area (TPSA) is 30.0 Å². The fourth-order valence-corrected chi connectivity index (χ4v) is 6.66. The molecule has 5 aliphatic carbocycles. The van der Waals surface area contributed by atoms with Gasteiger partial charge in [0.2, 0.25) is 0 Å². The van der Waals surface area contributed by atoms with Crippen molar-refractivity contribution in [2.45, 2.75) is 70.6 Å². The molecule has 0 radical (unpaired) electrons. The van der Waals surface area contributed by atoms with Crippen molar-refractivity contribution < 1.29 is 4.79 Å². The van der Waals surface area contributed by atoms with E-state index in [1.807, 2.05) is 0 Å². The van der Waals surface area contributed by atoms with Crippen LogP contribution in [0, 0.1) is 23.2 Å². The van der Waals surface area contributed by atoms with E-state index in [2.05, 4.69) is 26.0 Å². The molecule has 4 fully saturated rings. The first-order chi connectivity index (χ1) is 10.9. The third-order valence-electron chi connectivity index (χ3n) is 7.14. The third kappa shape index (κ3) is 2.13. The van der Waals surface area contributed by atoms with Gasteiger partial charge in [-0.2, -0.15) is 0 Å². The molecule has 0 N–H and O–H groups in total. The number of hydrogen-bond acceptors (Lipinski definition) is 2. The quantitative estimate of drug-likeness (QED) is 0.752. The molecule has 2 nitrogen and oxygen atoms in total. The van der Waals surface area contributed by atoms with Crippen molar-refractivity contribution in [1.29, 1.82) is 0 Å². The van der Waals surface area contributed by atoms with Crippen LogP contribution in [0.2, 0.25) is 0 Å². The molecule has 122 valence electrons. The summed E-state index contributed by atoms with van der Waals surface area (Å²) >= 11 is 0. The van der Waals surface area contributed by atoms with E-state index in [9.17, 15) is 4.79 Å². The molecule has 0 spiro atoms. The summed E-state index contributed by atoms with van der Waals surface area (Å²) in [4.78, 5) is 17.5. The van der Waals surface area contributed by atoms with Gasteiger partial charge in [-0.05, 0) is 80.2 Å². The first-order valence-electron chi connectivity index (χ1n) is 9.46. The van der Waals surface area contributed by atoms with Crippen LogP contribution in [0.3, 0.4) is 0 Å². The number of ketones is 1. The van der Waals surface area contributed by atoms with Gasteiger partial charge in [-0.15, -0.1) is 0 Å². The molecule has 5 aliphatic rings. The van der Waals surface area contributed by atoms with E-state index in [0.717, 1.165) is 35.4 Å². The predicted octanol–water partition coefficient (Wildman–Crippen LogP) is 4.70. The van der Waals surface area contributed by atoms with Crippen LogP contribution in [0.4, 0.5) is 0 Å². The number of fused-ring (bicyclic) bond motifs is 1. The average molecular weight is 309 g/mol. The molecule has 2 heteroatoms. The van der Waals surface area contributed by atoms with E-state index in [4.69, 9.17) is 4.98 Å². The van der Waals surface area contributed by atoms with Gasteiger partial charge < -0.3 is 0 Å². The van der Waals surface area contributed by atoms with Gasteiger partial charge in [0.1, 0.15) is 0 Å². The number of hydrogen-bond donors (Lipinski definition) is 0. The number of carbonyl (C=O) groups excluding carboxylic acids is 1. The highest BCUT2D eigenvalue weighted by Gasteiger charge is 2.52. The zero-order valence-corrected chi connectivity index (χ0v) is 14.4. The summed E-state index contributed by atoms with van der Waals surface area (Å²) in [7, 11) is 0. The first-order valence-corrected chi connectivity index (χ1v) is 9.46. The van der Waals surface area contributed by atoms with Crippen LogP contribution in [0.25, 0.3) is 0 Å². The second-order valence-corrected chi connectivity index (χ2v) is 9.83. The van der Waals surface area contributed by atoms with E-state index in [1.54, 1.807) is 0 Å². The molecule has 0 amide bonds. The highest BCUT2D eigenvalue weighted by molar-refractivity contribution is 5.98. The molecule has 0 atom stereocenters. The van der Waals surface area contributed by atoms with Gasteiger partial charge in [0.15, 0.2) is 5.78 Å². The van der Waals surface area contributed by atoms with E-state index in [1.165, 1.54) is 44.2 Å². The van der Waals surface area contributed by atoms with Crippen LogP contribution in [-0.2, 0) is 11.8 Å². The zero-order chi connectivity index (χ0) is 15.8. The van der Waals surface area contributed by atoms with Gasteiger partial charge in [-0.3, -0.25) is 9.78 Å². The van der Waals surface area contributed by atoms with Crippen LogP contribution in [0.15, 0.2) is 12.1 Å². The second-order valence-electron chi connectivity index (χ2n) is 9.83. The van der Waals surface area contributed by atoms with Crippen molar-refractivity contribution in [2.75, 3.05) is 0 Å². The van der Waals surface area contributed by atoms with Crippen molar-refractivity contribution in [3.05, 3.63) is 29.1 Å². The predicted molar refractivity (Wildman–Crippen MR) is 90.5 cm³/mol. The second kappa shape index (κ2) is 4.46. The van der Waals surface area contributed by atoms with Gasteiger partial charge in [-0.1, -0.05) is 13.8 Å². The molecule has 1 heterocycles. The maximum atomic E-state index is 12.4. The maximum absolute atomic E-state index is 12.4. The van der Waals surface area contributed by atoms with E-state index >= 15 is 0 Å². The Hall–Kier alpha value is -1.18. The Morgan fingerprint density at radius 1 is 0.957 bits per heavy atom. The largest absolute Gasteiger partial charge is 0.294 e. The van der Waals surface area contributed by atoms with E-state index in [-0.39, 0.29) is 5.41 Å².